The van der Waals surface area contributed by atoms with Crippen LogP contribution >= 0.6 is 12.4 Å². The molecule has 5 rings (SSSR count). The first-order valence-corrected chi connectivity index (χ1v) is 16.3. The first-order chi connectivity index (χ1) is 21.3. The number of halogens is 1. The molecule has 0 bridgehead atoms. The Balaban J connectivity index is 0.00000461. The Kier molecular flexibility index (Phi) is 11.9. The van der Waals surface area contributed by atoms with E-state index in [1.165, 1.54) is 6.42 Å². The van der Waals surface area contributed by atoms with Gasteiger partial charge in [0.15, 0.2) is 0 Å². The number of aliphatic hydroxyl groups is 1. The summed E-state index contributed by atoms with van der Waals surface area (Å²) in [5.74, 6) is 0.478. The summed E-state index contributed by atoms with van der Waals surface area (Å²) in [6, 6.07) is 14.2. The molecule has 0 unspecified atom stereocenters. The van der Waals surface area contributed by atoms with E-state index in [0.717, 1.165) is 55.5 Å². The monoisotopic (exact) mass is 640 g/mol. The number of aliphatic hydroxyl groups excluding tert-OH is 1. The largest absolute Gasteiger partial charge is 0.497 e. The molecule has 10 heteroatoms. The zero-order chi connectivity index (χ0) is 31.3. The molecular formula is C35H49ClN4O5. The number of anilines is 1. The number of ether oxygens (including phenoxy) is 1. The number of methoxy groups -OCH3 is 1. The van der Waals surface area contributed by atoms with Gasteiger partial charge in [-0.1, -0.05) is 44.7 Å². The molecule has 45 heavy (non-hydrogen) atoms. The molecule has 2 atom stereocenters. The molecule has 3 fully saturated rings. The van der Waals surface area contributed by atoms with E-state index >= 15 is 0 Å². The van der Waals surface area contributed by atoms with Gasteiger partial charge in [-0.2, -0.15) is 0 Å². The summed E-state index contributed by atoms with van der Waals surface area (Å²) >= 11 is 0. The molecule has 1 saturated carbocycles. The molecule has 0 radical (unpaired) electrons. The second-order valence-corrected chi connectivity index (χ2v) is 12.8. The zero-order valence-corrected chi connectivity index (χ0v) is 27.7. The van der Waals surface area contributed by atoms with E-state index in [9.17, 15) is 19.5 Å². The third kappa shape index (κ3) is 7.47. The highest BCUT2D eigenvalue weighted by Gasteiger charge is 2.55. The van der Waals surface area contributed by atoms with Crippen molar-refractivity contribution in [1.29, 1.82) is 0 Å². The lowest BCUT2D eigenvalue weighted by Gasteiger charge is -2.52. The van der Waals surface area contributed by atoms with Gasteiger partial charge in [0, 0.05) is 44.5 Å². The van der Waals surface area contributed by atoms with E-state index in [-0.39, 0.29) is 36.0 Å². The molecule has 2 heterocycles. The Labute approximate surface area is 273 Å². The molecule has 0 aromatic heterocycles. The van der Waals surface area contributed by atoms with Gasteiger partial charge in [0.25, 0.3) is 5.91 Å². The number of nitrogens with one attached hydrogen (secondary N) is 1. The van der Waals surface area contributed by atoms with Gasteiger partial charge in [-0.3, -0.25) is 19.3 Å². The quantitative estimate of drug-likeness (QED) is 0.387. The molecule has 2 N–H and O–H groups in total. The summed E-state index contributed by atoms with van der Waals surface area (Å²) in [7, 11) is 3.37. The van der Waals surface area contributed by atoms with Crippen molar-refractivity contribution in [3.63, 3.8) is 0 Å². The molecule has 246 valence electrons. The number of hydrogen-bond acceptors (Lipinski definition) is 6. The molecule has 2 saturated heterocycles. The first kappa shape index (κ1) is 34.7. The number of amides is 3. The highest BCUT2D eigenvalue weighted by Crippen LogP contribution is 2.36. The van der Waals surface area contributed by atoms with Crippen LogP contribution in [0.5, 0.6) is 5.75 Å². The third-order valence-electron chi connectivity index (χ3n) is 10.0. The van der Waals surface area contributed by atoms with Crippen LogP contribution in [0.15, 0.2) is 48.5 Å². The topological polar surface area (TPSA) is 102 Å². The van der Waals surface area contributed by atoms with Gasteiger partial charge in [-0.25, -0.2) is 0 Å². The average Bonchev–Trinajstić information content (AvgIpc) is 3.07. The Morgan fingerprint density at radius 3 is 2.29 bits per heavy atom. The Morgan fingerprint density at radius 1 is 1.04 bits per heavy atom. The van der Waals surface area contributed by atoms with Crippen LogP contribution in [0.3, 0.4) is 0 Å². The predicted molar refractivity (Wildman–Crippen MR) is 178 cm³/mol. The molecule has 3 amide bonds. The second kappa shape index (κ2) is 15.4. The summed E-state index contributed by atoms with van der Waals surface area (Å²) in [5, 5.41) is 14.2. The summed E-state index contributed by atoms with van der Waals surface area (Å²) < 4.78 is 5.21. The number of rotatable bonds is 10. The minimum atomic E-state index is -0.867. The highest BCUT2D eigenvalue weighted by atomic mass is 35.5. The Hall–Kier alpha value is -3.14. The summed E-state index contributed by atoms with van der Waals surface area (Å²) in [6.07, 6.45) is 7.15. The van der Waals surface area contributed by atoms with Crippen LogP contribution in [0.4, 0.5) is 5.69 Å². The van der Waals surface area contributed by atoms with Crippen molar-refractivity contribution >= 4 is 35.8 Å². The van der Waals surface area contributed by atoms with Gasteiger partial charge in [0.1, 0.15) is 17.3 Å². The number of unbranched alkanes of at least 4 members (excludes halogenated alkanes) is 1. The van der Waals surface area contributed by atoms with Crippen molar-refractivity contribution in [3.8, 4) is 5.75 Å². The van der Waals surface area contributed by atoms with Crippen LogP contribution in [0.25, 0.3) is 0 Å². The molecular weight excluding hydrogens is 592 g/mol. The number of carbonyl (C=O) groups is 3. The number of piperazine rings is 1. The van der Waals surface area contributed by atoms with Crippen LogP contribution in [0.1, 0.15) is 80.6 Å². The summed E-state index contributed by atoms with van der Waals surface area (Å²) in [4.78, 5) is 46.5. The lowest BCUT2D eigenvalue weighted by Crippen LogP contribution is -2.75. The maximum Gasteiger partial charge on any atom is 0.258 e. The van der Waals surface area contributed by atoms with Crippen molar-refractivity contribution < 1.29 is 24.2 Å². The van der Waals surface area contributed by atoms with E-state index < -0.39 is 17.7 Å². The smallest absolute Gasteiger partial charge is 0.258 e. The zero-order valence-electron chi connectivity index (χ0n) is 26.9. The molecule has 3 aliphatic rings. The van der Waals surface area contributed by atoms with Gasteiger partial charge < -0.3 is 25.0 Å². The number of benzene rings is 2. The fourth-order valence-electron chi connectivity index (χ4n) is 7.16. The van der Waals surface area contributed by atoms with E-state index in [2.05, 4.69) is 17.1 Å². The maximum absolute atomic E-state index is 13.9. The van der Waals surface area contributed by atoms with Crippen molar-refractivity contribution in [3.05, 3.63) is 59.7 Å². The van der Waals surface area contributed by atoms with Gasteiger partial charge in [-0.15, -0.1) is 12.4 Å². The average molecular weight is 641 g/mol. The SMILES string of the molecule is CCCCN1C(=O)[C@@H]([C@H](O)C2CCCCC2)NC(=O)C12CCN(Cc1ccc(C(=O)N(C)c3ccc(OC)cc3)cc1)CC2.Cl. The lowest BCUT2D eigenvalue weighted by molar-refractivity contribution is -0.166. The van der Waals surface area contributed by atoms with Crippen LogP contribution in [-0.4, -0.2) is 84.1 Å². The molecule has 9 nitrogen and oxygen atoms in total. The summed E-state index contributed by atoms with van der Waals surface area (Å²) in [6.45, 7) is 4.69. The van der Waals surface area contributed by atoms with Gasteiger partial charge in [0.2, 0.25) is 11.8 Å². The molecule has 2 aromatic rings. The standard InChI is InChI=1S/C35H48N4O5.ClH/c1-4-5-21-39-33(42)30(31(40)26-9-7-6-8-10-26)36-34(43)35(39)19-22-38(23-20-35)24-25-11-13-27(14-12-25)32(41)37(2)28-15-17-29(44-3)18-16-28;/h11-18,26,30-31,40H,4-10,19-24H2,1-3H3,(H,36,43);1H/t30-,31-;/m1./s1. The fourth-order valence-corrected chi connectivity index (χ4v) is 7.16. The van der Waals surface area contributed by atoms with Crippen molar-refractivity contribution in [2.45, 2.75) is 88.9 Å². The number of hydrogen-bond donors (Lipinski definition) is 2. The van der Waals surface area contributed by atoms with Gasteiger partial charge >= 0.3 is 0 Å². The van der Waals surface area contributed by atoms with Crippen molar-refractivity contribution in [2.75, 3.05) is 38.7 Å². The minimum absolute atomic E-state index is 0. The molecule has 1 aliphatic carbocycles. The first-order valence-electron chi connectivity index (χ1n) is 16.3. The predicted octanol–water partition coefficient (Wildman–Crippen LogP) is 4.80. The number of carbonyl (C=O) groups excluding carboxylic acids is 3. The van der Waals surface area contributed by atoms with Crippen LogP contribution in [0.2, 0.25) is 0 Å². The van der Waals surface area contributed by atoms with Crippen molar-refractivity contribution in [2.24, 2.45) is 5.92 Å². The van der Waals surface area contributed by atoms with E-state index in [0.29, 0.717) is 44.6 Å². The molecule has 1 spiro atoms. The number of nitrogens with zero attached hydrogens (tertiary/aromatic N) is 3. The normalized spacial score (nSPS) is 21.2. The van der Waals surface area contributed by atoms with Crippen molar-refractivity contribution in [1.82, 2.24) is 15.1 Å². The maximum atomic E-state index is 13.9. The minimum Gasteiger partial charge on any atom is -0.497 e. The number of likely N-dealkylation sites (tertiary alicyclic amines) is 1. The Morgan fingerprint density at radius 2 is 1.69 bits per heavy atom. The fraction of sp³-hybridized carbons (Fsp3) is 0.571. The molecule has 2 aromatic carbocycles. The van der Waals surface area contributed by atoms with Crippen LogP contribution in [-0.2, 0) is 16.1 Å². The lowest BCUT2D eigenvalue weighted by atomic mass is 9.78. The Bertz CT molecular complexity index is 1290. The number of piperidine rings is 1. The highest BCUT2D eigenvalue weighted by molar-refractivity contribution is 6.05. The third-order valence-corrected chi connectivity index (χ3v) is 10.0. The van der Waals surface area contributed by atoms with Crippen LogP contribution < -0.4 is 15.0 Å². The second-order valence-electron chi connectivity index (χ2n) is 12.8. The van der Waals surface area contributed by atoms with E-state index in [4.69, 9.17) is 4.74 Å². The van der Waals surface area contributed by atoms with Gasteiger partial charge in [-0.05, 0) is 80.0 Å². The van der Waals surface area contributed by atoms with Gasteiger partial charge in [0.05, 0.1) is 13.2 Å². The van der Waals surface area contributed by atoms with E-state index in [1.54, 1.807) is 19.1 Å². The molecule has 2 aliphatic heterocycles. The summed E-state index contributed by atoms with van der Waals surface area (Å²) in [5.41, 5.74) is 1.62. The van der Waals surface area contributed by atoms with E-state index in [1.807, 2.05) is 53.4 Å². The van der Waals surface area contributed by atoms with Crippen LogP contribution in [0, 0.1) is 5.92 Å².